The molecule has 2 aromatic rings. The molecule has 9 heteroatoms. The minimum absolute atomic E-state index is 0.198. The summed E-state index contributed by atoms with van der Waals surface area (Å²) >= 11 is 0. The van der Waals surface area contributed by atoms with Crippen molar-refractivity contribution in [2.45, 2.75) is 43.4 Å². The Kier molecular flexibility index (Phi) is 5.10. The molecule has 2 aromatic heterocycles. The van der Waals surface area contributed by atoms with Crippen LogP contribution in [0.25, 0.3) is 0 Å². The third-order valence-electron chi connectivity index (χ3n) is 6.05. The van der Waals surface area contributed by atoms with E-state index in [-0.39, 0.29) is 11.5 Å². The first-order chi connectivity index (χ1) is 13.9. The lowest BCUT2D eigenvalue weighted by atomic mass is 9.73. The summed E-state index contributed by atoms with van der Waals surface area (Å²) in [5.74, 6) is 0.374. The minimum Gasteiger partial charge on any atom is -0.388 e. The SMILES string of the molecule is C[C@@]1(NC(=O)c2ccncc2)CCOC2(CCN(c3cc(=O)[nH]cn3)CC2)[C@H]1O. The summed E-state index contributed by atoms with van der Waals surface area (Å²) in [7, 11) is 0. The van der Waals surface area contributed by atoms with Gasteiger partial charge in [-0.25, -0.2) is 4.98 Å². The molecule has 2 aliphatic heterocycles. The van der Waals surface area contributed by atoms with Crippen molar-refractivity contribution in [1.29, 1.82) is 0 Å². The van der Waals surface area contributed by atoms with E-state index in [2.05, 4.69) is 20.3 Å². The van der Waals surface area contributed by atoms with Crippen LogP contribution in [0, 0.1) is 0 Å². The zero-order valence-electron chi connectivity index (χ0n) is 16.3. The molecular formula is C20H25N5O4. The van der Waals surface area contributed by atoms with Gasteiger partial charge in [0.15, 0.2) is 0 Å². The fraction of sp³-hybridized carbons (Fsp3) is 0.500. The first-order valence-electron chi connectivity index (χ1n) is 9.76. The van der Waals surface area contributed by atoms with Crippen LogP contribution in [0.4, 0.5) is 5.82 Å². The number of hydrogen-bond acceptors (Lipinski definition) is 7. The second-order valence-electron chi connectivity index (χ2n) is 7.93. The molecule has 9 nitrogen and oxygen atoms in total. The number of carbonyl (C=O) groups excluding carboxylic acids is 1. The quantitative estimate of drug-likeness (QED) is 0.686. The fourth-order valence-electron chi connectivity index (χ4n) is 4.29. The molecule has 2 aliphatic rings. The number of aliphatic hydroxyl groups is 1. The summed E-state index contributed by atoms with van der Waals surface area (Å²) in [5, 5.41) is 14.3. The first kappa shape index (κ1) is 19.5. The number of amides is 1. The van der Waals surface area contributed by atoms with Crippen LogP contribution < -0.4 is 15.8 Å². The number of hydrogen-bond donors (Lipinski definition) is 3. The van der Waals surface area contributed by atoms with E-state index >= 15 is 0 Å². The molecule has 1 spiro atoms. The molecule has 0 radical (unpaired) electrons. The number of rotatable bonds is 3. The molecule has 4 rings (SSSR count). The van der Waals surface area contributed by atoms with Crippen LogP contribution in [-0.2, 0) is 4.74 Å². The van der Waals surface area contributed by atoms with Crippen molar-refractivity contribution >= 4 is 11.7 Å². The zero-order valence-corrected chi connectivity index (χ0v) is 16.3. The number of nitrogens with one attached hydrogen (secondary N) is 2. The summed E-state index contributed by atoms with van der Waals surface area (Å²) in [6.07, 6.45) is 5.33. The topological polar surface area (TPSA) is 120 Å². The Labute approximate surface area is 168 Å². The van der Waals surface area contributed by atoms with Gasteiger partial charge in [-0.1, -0.05) is 0 Å². The predicted molar refractivity (Wildman–Crippen MR) is 106 cm³/mol. The van der Waals surface area contributed by atoms with Crippen LogP contribution in [0.5, 0.6) is 0 Å². The normalized spacial score (nSPS) is 26.3. The maximum atomic E-state index is 12.7. The second kappa shape index (κ2) is 7.57. The molecule has 0 saturated carbocycles. The Morgan fingerprint density at radius 3 is 2.72 bits per heavy atom. The van der Waals surface area contributed by atoms with Crippen molar-refractivity contribution in [2.24, 2.45) is 0 Å². The second-order valence-corrected chi connectivity index (χ2v) is 7.93. The molecule has 154 valence electrons. The molecular weight excluding hydrogens is 374 g/mol. The zero-order chi connectivity index (χ0) is 20.5. The number of aliphatic hydroxyl groups excluding tert-OH is 1. The summed E-state index contributed by atoms with van der Waals surface area (Å²) in [6, 6.07) is 4.76. The molecule has 2 saturated heterocycles. The number of piperidine rings is 1. The van der Waals surface area contributed by atoms with Crippen molar-refractivity contribution in [3.05, 3.63) is 52.8 Å². The Bertz CT molecular complexity index is 926. The van der Waals surface area contributed by atoms with Gasteiger partial charge < -0.3 is 25.0 Å². The molecule has 2 atom stereocenters. The molecule has 0 unspecified atom stereocenters. The highest BCUT2D eigenvalue weighted by Crippen LogP contribution is 2.40. The van der Waals surface area contributed by atoms with Crippen molar-refractivity contribution in [2.75, 3.05) is 24.6 Å². The highest BCUT2D eigenvalue weighted by molar-refractivity contribution is 5.94. The largest absolute Gasteiger partial charge is 0.388 e. The van der Waals surface area contributed by atoms with Gasteiger partial charge in [0.05, 0.1) is 17.5 Å². The molecule has 0 aromatic carbocycles. The highest BCUT2D eigenvalue weighted by Gasteiger charge is 2.54. The van der Waals surface area contributed by atoms with Gasteiger partial charge in [-0.15, -0.1) is 0 Å². The number of ether oxygens (including phenoxy) is 1. The highest BCUT2D eigenvalue weighted by atomic mass is 16.5. The predicted octanol–water partition coefficient (Wildman–Crippen LogP) is 0.474. The molecule has 4 heterocycles. The van der Waals surface area contributed by atoms with E-state index in [0.29, 0.717) is 50.3 Å². The Morgan fingerprint density at radius 2 is 2.03 bits per heavy atom. The van der Waals surface area contributed by atoms with Gasteiger partial charge in [0.2, 0.25) is 0 Å². The monoisotopic (exact) mass is 399 g/mol. The van der Waals surface area contributed by atoms with Crippen LogP contribution in [0.2, 0.25) is 0 Å². The van der Waals surface area contributed by atoms with Crippen LogP contribution in [0.1, 0.15) is 36.5 Å². The first-order valence-corrected chi connectivity index (χ1v) is 9.76. The van der Waals surface area contributed by atoms with E-state index < -0.39 is 17.2 Å². The number of aromatic nitrogens is 3. The van der Waals surface area contributed by atoms with Crippen LogP contribution in [-0.4, -0.2) is 62.9 Å². The molecule has 2 fully saturated rings. The van der Waals surface area contributed by atoms with Gasteiger partial charge in [-0.2, -0.15) is 0 Å². The summed E-state index contributed by atoms with van der Waals surface area (Å²) in [6.45, 7) is 3.52. The van der Waals surface area contributed by atoms with Crippen molar-refractivity contribution in [3.8, 4) is 0 Å². The molecule has 0 bridgehead atoms. The Morgan fingerprint density at radius 1 is 1.31 bits per heavy atom. The summed E-state index contributed by atoms with van der Waals surface area (Å²) < 4.78 is 6.08. The number of aromatic amines is 1. The third kappa shape index (κ3) is 3.75. The van der Waals surface area contributed by atoms with E-state index in [9.17, 15) is 14.7 Å². The van der Waals surface area contributed by atoms with Gasteiger partial charge in [-0.3, -0.25) is 14.6 Å². The standard InChI is InChI=1S/C20H25N5O4/c1-19(24-17(27)14-2-7-21-8-3-14)6-11-29-20(18(19)28)4-9-25(10-5-20)15-12-16(26)23-13-22-15/h2-3,7-8,12-13,18,28H,4-6,9-11H2,1H3,(H,24,27)(H,22,23,26)/t18-,19+/m0/s1. The molecule has 1 amide bonds. The van der Waals surface area contributed by atoms with Gasteiger partial charge >= 0.3 is 0 Å². The van der Waals surface area contributed by atoms with Crippen molar-refractivity contribution < 1.29 is 14.6 Å². The van der Waals surface area contributed by atoms with E-state index in [1.54, 1.807) is 24.5 Å². The Hall–Kier alpha value is -2.78. The lowest BCUT2D eigenvalue weighted by Crippen LogP contribution is -2.69. The maximum absolute atomic E-state index is 12.7. The van der Waals surface area contributed by atoms with E-state index in [1.165, 1.54) is 12.4 Å². The van der Waals surface area contributed by atoms with E-state index in [0.717, 1.165) is 0 Å². The number of anilines is 1. The minimum atomic E-state index is -0.858. The average molecular weight is 399 g/mol. The summed E-state index contributed by atoms with van der Waals surface area (Å²) in [5.41, 5.74) is -1.24. The van der Waals surface area contributed by atoms with Crippen LogP contribution >= 0.6 is 0 Å². The molecule has 0 aliphatic carbocycles. The van der Waals surface area contributed by atoms with Crippen LogP contribution in [0.15, 0.2) is 41.7 Å². The lowest BCUT2D eigenvalue weighted by Gasteiger charge is -2.53. The number of pyridine rings is 1. The smallest absolute Gasteiger partial charge is 0.252 e. The summed E-state index contributed by atoms with van der Waals surface area (Å²) in [4.78, 5) is 36.9. The Balaban J connectivity index is 1.48. The number of nitrogens with zero attached hydrogens (tertiary/aromatic N) is 3. The van der Waals surface area contributed by atoms with E-state index in [1.807, 2.05) is 11.8 Å². The van der Waals surface area contributed by atoms with Crippen molar-refractivity contribution in [1.82, 2.24) is 20.3 Å². The lowest BCUT2D eigenvalue weighted by molar-refractivity contribution is -0.195. The number of carbonyl (C=O) groups is 1. The third-order valence-corrected chi connectivity index (χ3v) is 6.05. The van der Waals surface area contributed by atoms with E-state index in [4.69, 9.17) is 4.74 Å². The fourth-order valence-corrected chi connectivity index (χ4v) is 4.29. The van der Waals surface area contributed by atoms with Gasteiger partial charge in [-0.05, 0) is 38.3 Å². The molecule has 29 heavy (non-hydrogen) atoms. The number of H-pyrrole nitrogens is 1. The van der Waals surface area contributed by atoms with Crippen molar-refractivity contribution in [3.63, 3.8) is 0 Å². The average Bonchev–Trinajstić information content (AvgIpc) is 2.73. The van der Waals surface area contributed by atoms with Gasteiger partial charge in [0.1, 0.15) is 11.9 Å². The molecule has 3 N–H and O–H groups in total. The maximum Gasteiger partial charge on any atom is 0.252 e. The van der Waals surface area contributed by atoms with Gasteiger partial charge in [0, 0.05) is 43.7 Å². The van der Waals surface area contributed by atoms with Gasteiger partial charge in [0.25, 0.3) is 11.5 Å². The van der Waals surface area contributed by atoms with Crippen LogP contribution in [0.3, 0.4) is 0 Å².